The number of nitrogens with one attached hydrogen (secondary N) is 1. The maximum Gasteiger partial charge on any atom is 0.425 e. The second-order valence-corrected chi connectivity index (χ2v) is 8.22. The van der Waals surface area contributed by atoms with E-state index < -0.39 is 8.72 Å². The van der Waals surface area contributed by atoms with E-state index in [4.69, 9.17) is 8.85 Å². The Kier molecular flexibility index (Phi) is 7.47. The second kappa shape index (κ2) is 7.43. The van der Waals surface area contributed by atoms with Gasteiger partial charge in [0.1, 0.15) is 0 Å². The normalized spacial score (nSPS) is 13.1. The molecule has 4 heteroatoms. The van der Waals surface area contributed by atoms with Crippen molar-refractivity contribution in [3.05, 3.63) is 0 Å². The van der Waals surface area contributed by atoms with E-state index in [1.165, 1.54) is 0 Å². The molecule has 0 amide bonds. The van der Waals surface area contributed by atoms with Crippen molar-refractivity contribution < 1.29 is 8.85 Å². The maximum atomic E-state index is 6.01. The highest BCUT2D eigenvalue weighted by Crippen LogP contribution is 2.16. The third-order valence-electron chi connectivity index (χ3n) is 2.11. The Morgan fingerprint density at radius 1 is 0.938 bits per heavy atom. The van der Waals surface area contributed by atoms with Gasteiger partial charge in [-0.3, -0.25) is 4.98 Å². The van der Waals surface area contributed by atoms with Gasteiger partial charge >= 0.3 is 8.72 Å². The highest BCUT2D eigenvalue weighted by Gasteiger charge is 2.39. The molecule has 0 aromatic heterocycles. The maximum absolute atomic E-state index is 6.01. The van der Waals surface area contributed by atoms with Crippen molar-refractivity contribution >= 4 is 8.72 Å². The van der Waals surface area contributed by atoms with E-state index in [9.17, 15) is 0 Å². The SMILES string of the molecule is CCCO[Si](CC)(NC(C)(C)C)OCCC. The minimum Gasteiger partial charge on any atom is -0.383 e. The summed E-state index contributed by atoms with van der Waals surface area (Å²) in [6.07, 6.45) is 2.08. The van der Waals surface area contributed by atoms with Crippen LogP contribution in [0.1, 0.15) is 54.4 Å². The van der Waals surface area contributed by atoms with E-state index in [0.717, 1.165) is 32.1 Å². The van der Waals surface area contributed by atoms with E-state index in [1.54, 1.807) is 0 Å². The van der Waals surface area contributed by atoms with E-state index >= 15 is 0 Å². The van der Waals surface area contributed by atoms with Gasteiger partial charge in [0, 0.05) is 24.8 Å². The van der Waals surface area contributed by atoms with Gasteiger partial charge in [-0.25, -0.2) is 0 Å². The monoisotopic (exact) mass is 247 g/mol. The quantitative estimate of drug-likeness (QED) is 0.668. The van der Waals surface area contributed by atoms with Crippen molar-refractivity contribution in [2.75, 3.05) is 13.2 Å². The van der Waals surface area contributed by atoms with Gasteiger partial charge in [0.15, 0.2) is 0 Å². The van der Waals surface area contributed by atoms with Crippen LogP contribution < -0.4 is 4.98 Å². The van der Waals surface area contributed by atoms with Crippen LogP contribution in [-0.4, -0.2) is 27.5 Å². The lowest BCUT2D eigenvalue weighted by molar-refractivity contribution is 0.148. The van der Waals surface area contributed by atoms with Crippen LogP contribution in [0, 0.1) is 0 Å². The molecule has 0 saturated heterocycles. The van der Waals surface area contributed by atoms with Gasteiger partial charge in [0.05, 0.1) is 0 Å². The average molecular weight is 247 g/mol. The summed E-state index contributed by atoms with van der Waals surface area (Å²) < 4.78 is 12.0. The largest absolute Gasteiger partial charge is 0.425 e. The van der Waals surface area contributed by atoms with Crippen LogP contribution in [0.4, 0.5) is 0 Å². The molecule has 98 valence electrons. The van der Waals surface area contributed by atoms with Gasteiger partial charge in [-0.2, -0.15) is 0 Å². The molecule has 0 aliphatic rings. The molecule has 0 atom stereocenters. The molecule has 0 unspecified atom stereocenters. The van der Waals surface area contributed by atoms with Crippen LogP contribution >= 0.6 is 0 Å². The van der Waals surface area contributed by atoms with Crippen molar-refractivity contribution in [2.24, 2.45) is 0 Å². The molecule has 16 heavy (non-hydrogen) atoms. The topological polar surface area (TPSA) is 30.5 Å². The van der Waals surface area contributed by atoms with Crippen LogP contribution in [-0.2, 0) is 8.85 Å². The zero-order valence-corrected chi connectivity index (χ0v) is 12.9. The van der Waals surface area contributed by atoms with E-state index in [0.29, 0.717) is 0 Å². The molecule has 1 N–H and O–H groups in total. The predicted molar refractivity (Wildman–Crippen MR) is 71.6 cm³/mol. The fourth-order valence-corrected chi connectivity index (χ4v) is 4.53. The molecular formula is C12H29NO2Si. The molecular weight excluding hydrogens is 218 g/mol. The molecule has 0 heterocycles. The summed E-state index contributed by atoms with van der Waals surface area (Å²) in [5.41, 5.74) is 0.0454. The van der Waals surface area contributed by atoms with Gasteiger partial charge < -0.3 is 8.85 Å². The Bertz CT molecular complexity index is 172. The van der Waals surface area contributed by atoms with Crippen molar-refractivity contribution in [3.8, 4) is 0 Å². The summed E-state index contributed by atoms with van der Waals surface area (Å²) in [6.45, 7) is 14.5. The first kappa shape index (κ1) is 16.1. The Morgan fingerprint density at radius 2 is 1.38 bits per heavy atom. The Balaban J connectivity index is 4.52. The Hall–Kier alpha value is 0.0969. The zero-order chi connectivity index (χ0) is 12.7. The van der Waals surface area contributed by atoms with Crippen LogP contribution in [0.3, 0.4) is 0 Å². The number of hydrogen-bond acceptors (Lipinski definition) is 3. The number of rotatable bonds is 8. The van der Waals surface area contributed by atoms with Gasteiger partial charge in [0.25, 0.3) is 0 Å². The van der Waals surface area contributed by atoms with Crippen molar-refractivity contribution in [1.82, 2.24) is 4.98 Å². The molecule has 0 aliphatic carbocycles. The zero-order valence-electron chi connectivity index (χ0n) is 11.9. The van der Waals surface area contributed by atoms with Gasteiger partial charge in [-0.15, -0.1) is 0 Å². The third kappa shape index (κ3) is 6.63. The van der Waals surface area contributed by atoms with Crippen molar-refractivity contribution in [2.45, 2.75) is 66.0 Å². The van der Waals surface area contributed by atoms with Crippen molar-refractivity contribution in [1.29, 1.82) is 0 Å². The molecule has 0 saturated carbocycles. The highest BCUT2D eigenvalue weighted by molar-refractivity contribution is 6.64. The second-order valence-electron chi connectivity index (χ2n) is 5.18. The highest BCUT2D eigenvalue weighted by atomic mass is 28.4. The molecule has 0 rings (SSSR count). The molecule has 0 bridgehead atoms. The molecule has 0 spiro atoms. The smallest absolute Gasteiger partial charge is 0.383 e. The first-order valence-corrected chi connectivity index (χ1v) is 8.48. The summed E-state index contributed by atoms with van der Waals surface area (Å²) >= 11 is 0. The van der Waals surface area contributed by atoms with Crippen molar-refractivity contribution in [3.63, 3.8) is 0 Å². The molecule has 3 nitrogen and oxygen atoms in total. The Morgan fingerprint density at radius 3 is 1.62 bits per heavy atom. The van der Waals surface area contributed by atoms with E-state index in [-0.39, 0.29) is 5.54 Å². The molecule has 0 aromatic carbocycles. The molecule has 0 aliphatic heterocycles. The number of hydrogen-bond donors (Lipinski definition) is 1. The average Bonchev–Trinajstić information content (AvgIpc) is 2.20. The van der Waals surface area contributed by atoms with Gasteiger partial charge in [-0.1, -0.05) is 20.8 Å². The summed E-state index contributed by atoms with van der Waals surface area (Å²) in [7, 11) is -2.20. The van der Waals surface area contributed by atoms with E-state index in [2.05, 4.69) is 46.5 Å². The summed E-state index contributed by atoms with van der Waals surface area (Å²) in [4.78, 5) is 3.58. The Labute approximate surface area is 102 Å². The van der Waals surface area contributed by atoms with Crippen LogP contribution in [0.2, 0.25) is 6.04 Å². The predicted octanol–water partition coefficient (Wildman–Crippen LogP) is 3.19. The van der Waals surface area contributed by atoms with E-state index in [1.807, 2.05) is 0 Å². The van der Waals surface area contributed by atoms with Gasteiger partial charge in [-0.05, 0) is 33.6 Å². The minimum absolute atomic E-state index is 0.0454. The lowest BCUT2D eigenvalue weighted by atomic mass is 10.1. The first-order chi connectivity index (χ1) is 7.39. The molecule has 0 aromatic rings. The summed E-state index contributed by atoms with van der Waals surface area (Å²) in [5.74, 6) is 0. The lowest BCUT2D eigenvalue weighted by Crippen LogP contribution is -2.62. The molecule has 0 fully saturated rings. The van der Waals surface area contributed by atoms with Gasteiger partial charge in [0.2, 0.25) is 0 Å². The summed E-state index contributed by atoms with van der Waals surface area (Å²) in [5, 5.41) is 0. The fourth-order valence-electron chi connectivity index (χ4n) is 1.51. The first-order valence-electron chi connectivity index (χ1n) is 6.46. The standard InChI is InChI=1S/C12H29NO2Si/c1-7-10-14-16(9-3,15-11-8-2)13-12(4,5)6/h13H,7-11H2,1-6H3. The van der Waals surface area contributed by atoms with Crippen LogP contribution in [0.15, 0.2) is 0 Å². The van der Waals surface area contributed by atoms with Crippen LogP contribution in [0.25, 0.3) is 0 Å². The fraction of sp³-hybridized carbons (Fsp3) is 1.00. The van der Waals surface area contributed by atoms with Crippen LogP contribution in [0.5, 0.6) is 0 Å². The molecule has 0 radical (unpaired) electrons. The summed E-state index contributed by atoms with van der Waals surface area (Å²) in [6, 6.07) is 0.949. The lowest BCUT2D eigenvalue weighted by Gasteiger charge is -2.36. The third-order valence-corrected chi connectivity index (χ3v) is 5.51. The minimum atomic E-state index is -2.20.